The third kappa shape index (κ3) is 10.0. The predicted octanol–water partition coefficient (Wildman–Crippen LogP) is 2.88. The van der Waals surface area contributed by atoms with E-state index in [1.165, 1.54) is 0 Å². The molecule has 0 saturated carbocycles. The normalized spacial score (nSPS) is 12.1. The van der Waals surface area contributed by atoms with Crippen LogP contribution >= 0.6 is 0 Å². The van der Waals surface area contributed by atoms with Crippen LogP contribution in [0, 0.1) is 0 Å². The summed E-state index contributed by atoms with van der Waals surface area (Å²) in [5.74, 6) is -1.52. The summed E-state index contributed by atoms with van der Waals surface area (Å²) in [5, 5.41) is 11.4. The van der Waals surface area contributed by atoms with E-state index in [0.29, 0.717) is 0 Å². The van der Waals surface area contributed by atoms with Crippen LogP contribution in [-0.2, 0) is 25.7 Å². The largest absolute Gasteiger partial charge is 0.481 e. The van der Waals surface area contributed by atoms with Gasteiger partial charge in [0.25, 0.3) is 0 Å². The molecule has 1 amide bonds. The second kappa shape index (κ2) is 9.66. The lowest BCUT2D eigenvalue weighted by molar-refractivity contribution is -0.145. The van der Waals surface area contributed by atoms with Crippen molar-refractivity contribution in [2.75, 3.05) is 0 Å². The van der Waals surface area contributed by atoms with Crippen LogP contribution < -0.4 is 5.32 Å². The van der Waals surface area contributed by atoms with Crippen LogP contribution in [0.2, 0.25) is 0 Å². The lowest BCUT2D eigenvalue weighted by Gasteiger charge is -2.22. The quantitative estimate of drug-likeness (QED) is 0.698. The third-order valence-corrected chi connectivity index (χ3v) is 3.08. The molecule has 1 aromatic carbocycles. The number of amides is 1. The van der Waals surface area contributed by atoms with Crippen molar-refractivity contribution in [3.63, 3.8) is 0 Å². The van der Waals surface area contributed by atoms with Crippen molar-refractivity contribution in [1.82, 2.24) is 5.32 Å². The first-order valence-electron chi connectivity index (χ1n) is 8.06. The Morgan fingerprint density at radius 2 is 1.80 bits per heavy atom. The molecule has 0 spiro atoms. The van der Waals surface area contributed by atoms with Gasteiger partial charge in [-0.1, -0.05) is 30.3 Å². The van der Waals surface area contributed by atoms with E-state index in [1.807, 2.05) is 30.3 Å². The molecule has 25 heavy (non-hydrogen) atoms. The van der Waals surface area contributed by atoms with E-state index in [4.69, 9.17) is 14.6 Å². The first kappa shape index (κ1) is 20.5. The molecule has 1 rings (SSSR count). The summed E-state index contributed by atoms with van der Waals surface area (Å²) >= 11 is 0. The van der Waals surface area contributed by atoms with Gasteiger partial charge >= 0.3 is 18.0 Å². The van der Waals surface area contributed by atoms with Crippen LogP contribution in [0.4, 0.5) is 4.79 Å². The van der Waals surface area contributed by atoms with Crippen LogP contribution in [0.15, 0.2) is 30.3 Å². The van der Waals surface area contributed by atoms with Gasteiger partial charge in [-0.3, -0.25) is 9.59 Å². The highest BCUT2D eigenvalue weighted by atomic mass is 16.6. The Morgan fingerprint density at radius 1 is 1.16 bits per heavy atom. The zero-order valence-corrected chi connectivity index (χ0v) is 14.8. The van der Waals surface area contributed by atoms with Crippen LogP contribution in [-0.4, -0.2) is 34.8 Å². The lowest BCUT2D eigenvalue weighted by atomic mass is 10.1. The summed E-state index contributed by atoms with van der Waals surface area (Å²) in [7, 11) is 0. The van der Waals surface area contributed by atoms with Gasteiger partial charge in [0, 0.05) is 12.5 Å². The summed E-state index contributed by atoms with van der Waals surface area (Å²) in [6, 6.07) is 8.52. The SMILES string of the molecule is CC(C)(C)OC(=O)N[C@H](CCC(=O)OCc1ccccc1)CC(=O)O. The van der Waals surface area contributed by atoms with Crippen LogP contribution in [0.5, 0.6) is 0 Å². The van der Waals surface area contributed by atoms with Crippen LogP contribution in [0.3, 0.4) is 0 Å². The number of alkyl carbamates (subject to hydrolysis) is 1. The fourth-order valence-electron chi connectivity index (χ4n) is 2.01. The maximum Gasteiger partial charge on any atom is 0.407 e. The number of rotatable bonds is 8. The minimum atomic E-state index is -1.07. The molecule has 1 atom stereocenters. The molecule has 0 bridgehead atoms. The molecule has 0 aliphatic heterocycles. The number of carbonyl (C=O) groups is 3. The van der Waals surface area contributed by atoms with Gasteiger partial charge in [0.1, 0.15) is 12.2 Å². The molecular weight excluding hydrogens is 326 g/mol. The monoisotopic (exact) mass is 351 g/mol. The number of hydrogen-bond acceptors (Lipinski definition) is 5. The average Bonchev–Trinajstić information content (AvgIpc) is 2.49. The fourth-order valence-corrected chi connectivity index (χ4v) is 2.01. The molecule has 138 valence electrons. The summed E-state index contributed by atoms with van der Waals surface area (Å²) in [6.07, 6.45) is -0.860. The van der Waals surface area contributed by atoms with Gasteiger partial charge in [0.15, 0.2) is 0 Å². The Hall–Kier alpha value is -2.57. The van der Waals surface area contributed by atoms with Crippen molar-refractivity contribution in [1.29, 1.82) is 0 Å². The first-order valence-corrected chi connectivity index (χ1v) is 8.06. The summed E-state index contributed by atoms with van der Waals surface area (Å²) in [5.41, 5.74) is 0.178. The Balaban J connectivity index is 2.44. The summed E-state index contributed by atoms with van der Waals surface area (Å²) in [6.45, 7) is 5.28. The maximum atomic E-state index is 11.8. The molecule has 0 unspecified atom stereocenters. The van der Waals surface area contributed by atoms with E-state index >= 15 is 0 Å². The van der Waals surface area contributed by atoms with Gasteiger partial charge < -0.3 is 19.9 Å². The highest BCUT2D eigenvalue weighted by Gasteiger charge is 2.22. The fraction of sp³-hybridized carbons (Fsp3) is 0.500. The van der Waals surface area contributed by atoms with E-state index < -0.39 is 29.7 Å². The molecule has 0 heterocycles. The number of carboxylic acid groups (broad SMARTS) is 1. The maximum absolute atomic E-state index is 11.8. The molecule has 1 aromatic rings. The average molecular weight is 351 g/mol. The van der Waals surface area contributed by atoms with Gasteiger partial charge in [0.2, 0.25) is 0 Å². The Morgan fingerprint density at radius 3 is 2.36 bits per heavy atom. The molecule has 0 aliphatic rings. The number of hydrogen-bond donors (Lipinski definition) is 2. The molecule has 0 fully saturated rings. The second-order valence-corrected chi connectivity index (χ2v) is 6.63. The van der Waals surface area contributed by atoms with Crippen molar-refractivity contribution in [3.05, 3.63) is 35.9 Å². The summed E-state index contributed by atoms with van der Waals surface area (Å²) in [4.78, 5) is 34.5. The van der Waals surface area contributed by atoms with E-state index in [0.717, 1.165) is 5.56 Å². The Kier molecular flexibility index (Phi) is 7.91. The lowest BCUT2D eigenvalue weighted by Crippen LogP contribution is -2.40. The molecule has 7 nitrogen and oxygen atoms in total. The van der Waals surface area contributed by atoms with E-state index in [2.05, 4.69) is 5.32 Å². The molecule has 0 aromatic heterocycles. The van der Waals surface area contributed by atoms with Crippen molar-refractivity contribution in [3.8, 4) is 0 Å². The van der Waals surface area contributed by atoms with E-state index in [-0.39, 0.29) is 25.9 Å². The number of carbonyl (C=O) groups excluding carboxylic acids is 2. The van der Waals surface area contributed by atoms with Gasteiger partial charge in [-0.15, -0.1) is 0 Å². The first-order chi connectivity index (χ1) is 11.7. The number of ether oxygens (including phenoxy) is 2. The Bertz CT molecular complexity index is 579. The zero-order valence-electron chi connectivity index (χ0n) is 14.8. The summed E-state index contributed by atoms with van der Waals surface area (Å²) < 4.78 is 10.2. The topological polar surface area (TPSA) is 102 Å². The van der Waals surface area contributed by atoms with Crippen molar-refractivity contribution < 1.29 is 29.0 Å². The highest BCUT2D eigenvalue weighted by Crippen LogP contribution is 2.10. The minimum absolute atomic E-state index is 0.000574. The van der Waals surface area contributed by atoms with E-state index in [9.17, 15) is 14.4 Å². The van der Waals surface area contributed by atoms with Gasteiger partial charge in [0.05, 0.1) is 6.42 Å². The van der Waals surface area contributed by atoms with Gasteiger partial charge in [-0.2, -0.15) is 0 Å². The third-order valence-electron chi connectivity index (χ3n) is 3.08. The second-order valence-electron chi connectivity index (χ2n) is 6.63. The number of nitrogens with one attached hydrogen (secondary N) is 1. The zero-order chi connectivity index (χ0) is 18.9. The molecule has 0 saturated heterocycles. The van der Waals surface area contributed by atoms with Crippen molar-refractivity contribution >= 4 is 18.0 Å². The molecule has 2 N–H and O–H groups in total. The molecule has 0 aliphatic carbocycles. The van der Waals surface area contributed by atoms with Crippen molar-refractivity contribution in [2.45, 2.75) is 58.3 Å². The smallest absolute Gasteiger partial charge is 0.407 e. The predicted molar refractivity (Wildman–Crippen MR) is 90.9 cm³/mol. The minimum Gasteiger partial charge on any atom is -0.481 e. The molecular formula is C18H25NO6. The number of esters is 1. The molecule has 0 radical (unpaired) electrons. The van der Waals surface area contributed by atoms with E-state index in [1.54, 1.807) is 20.8 Å². The number of aliphatic carboxylic acids is 1. The molecule has 7 heteroatoms. The van der Waals surface area contributed by atoms with Crippen molar-refractivity contribution in [2.24, 2.45) is 0 Å². The number of benzene rings is 1. The van der Waals surface area contributed by atoms with Crippen LogP contribution in [0.25, 0.3) is 0 Å². The highest BCUT2D eigenvalue weighted by molar-refractivity contribution is 5.72. The standard InChI is InChI=1S/C18H25NO6/c1-18(2,3)25-17(23)19-14(11-15(20)21)9-10-16(22)24-12-13-7-5-4-6-8-13/h4-8,14H,9-12H2,1-3H3,(H,19,23)(H,20,21)/t14-/m1/s1. The Labute approximate surface area is 147 Å². The van der Waals surface area contributed by atoms with Crippen LogP contribution in [0.1, 0.15) is 45.6 Å². The van der Waals surface area contributed by atoms with Gasteiger partial charge in [-0.05, 0) is 32.8 Å². The number of carboxylic acids is 1. The van der Waals surface area contributed by atoms with Gasteiger partial charge in [-0.25, -0.2) is 4.79 Å².